The van der Waals surface area contributed by atoms with Crippen molar-refractivity contribution in [1.82, 2.24) is 4.98 Å². The summed E-state index contributed by atoms with van der Waals surface area (Å²) >= 11 is 0. The molecule has 2 heterocycles. The standard InChI is InChI=1S/C35H45FN2O5/c1-23-29(32(33(39)40)43-34(2,3)4)31(38-19-17-35(5,6)18-20-38)30(28(37-23)22-41-7)25-10-14-27(15-11-25)42-21-16-24-8-12-26(36)13-9-24/h8-15,32H,16-22H2,1-7H3,(H,39,40)/t32-/m0/s1. The molecule has 0 amide bonds. The number of carbonyl (C=O) groups is 1. The number of hydrogen-bond acceptors (Lipinski definition) is 6. The van der Waals surface area contributed by atoms with Crippen LogP contribution in [0.4, 0.5) is 10.1 Å². The predicted molar refractivity (Wildman–Crippen MR) is 167 cm³/mol. The number of halogens is 1. The summed E-state index contributed by atoms with van der Waals surface area (Å²) in [5, 5.41) is 10.4. The van der Waals surface area contributed by atoms with E-state index in [-0.39, 0.29) is 17.8 Å². The third-order valence-electron chi connectivity index (χ3n) is 7.86. The summed E-state index contributed by atoms with van der Waals surface area (Å²) in [7, 11) is 1.64. The molecular weight excluding hydrogens is 547 g/mol. The number of carboxylic acids is 1. The van der Waals surface area contributed by atoms with Gasteiger partial charge >= 0.3 is 5.97 Å². The number of aliphatic carboxylic acids is 1. The number of ether oxygens (including phenoxy) is 3. The molecule has 43 heavy (non-hydrogen) atoms. The summed E-state index contributed by atoms with van der Waals surface area (Å²) in [6.45, 7) is 14.3. The molecule has 2 aromatic carbocycles. The number of benzene rings is 2. The highest BCUT2D eigenvalue weighted by Crippen LogP contribution is 2.45. The van der Waals surface area contributed by atoms with Crippen molar-refractivity contribution in [2.75, 3.05) is 31.7 Å². The van der Waals surface area contributed by atoms with Crippen LogP contribution in [0.3, 0.4) is 0 Å². The van der Waals surface area contributed by atoms with Crippen molar-refractivity contribution >= 4 is 11.7 Å². The molecule has 1 saturated heterocycles. The van der Waals surface area contributed by atoms with Crippen LogP contribution in [-0.2, 0) is 27.3 Å². The lowest BCUT2D eigenvalue weighted by atomic mass is 9.81. The van der Waals surface area contributed by atoms with Gasteiger partial charge in [-0.25, -0.2) is 9.18 Å². The zero-order valence-corrected chi connectivity index (χ0v) is 26.5. The van der Waals surface area contributed by atoms with Gasteiger partial charge in [-0.1, -0.05) is 38.1 Å². The van der Waals surface area contributed by atoms with Gasteiger partial charge in [0.1, 0.15) is 11.6 Å². The minimum absolute atomic E-state index is 0.204. The number of pyridine rings is 1. The van der Waals surface area contributed by atoms with Gasteiger partial charge in [0.25, 0.3) is 0 Å². The summed E-state index contributed by atoms with van der Waals surface area (Å²) in [4.78, 5) is 20.0. The van der Waals surface area contributed by atoms with Crippen molar-refractivity contribution in [3.8, 4) is 16.9 Å². The number of aromatic nitrogens is 1. The highest BCUT2D eigenvalue weighted by atomic mass is 19.1. The molecule has 0 unspecified atom stereocenters. The monoisotopic (exact) mass is 592 g/mol. The fraction of sp³-hybridized carbons (Fsp3) is 0.486. The average molecular weight is 593 g/mol. The van der Waals surface area contributed by atoms with Crippen molar-refractivity contribution in [3.05, 3.63) is 76.9 Å². The van der Waals surface area contributed by atoms with Gasteiger partial charge in [-0.3, -0.25) is 4.98 Å². The second kappa shape index (κ2) is 13.4. The van der Waals surface area contributed by atoms with Crippen LogP contribution in [-0.4, -0.2) is 48.5 Å². The quantitative estimate of drug-likeness (QED) is 0.246. The third-order valence-corrected chi connectivity index (χ3v) is 7.86. The first-order valence-corrected chi connectivity index (χ1v) is 14.9. The number of anilines is 1. The largest absolute Gasteiger partial charge is 0.493 e. The minimum atomic E-state index is -1.19. The Hall–Kier alpha value is -3.49. The molecule has 0 radical (unpaired) electrons. The van der Waals surface area contributed by atoms with E-state index in [4.69, 9.17) is 19.2 Å². The highest BCUT2D eigenvalue weighted by molar-refractivity contribution is 5.88. The summed E-state index contributed by atoms with van der Waals surface area (Å²) in [5.41, 5.74) is 5.05. The van der Waals surface area contributed by atoms with Gasteiger partial charge in [-0.15, -0.1) is 0 Å². The molecule has 1 aliphatic rings. The minimum Gasteiger partial charge on any atom is -0.493 e. The molecule has 1 fully saturated rings. The molecular formula is C35H45FN2O5. The predicted octanol–water partition coefficient (Wildman–Crippen LogP) is 7.53. The summed E-state index contributed by atoms with van der Waals surface area (Å²) in [5.74, 6) is -0.594. The number of rotatable bonds is 11. The van der Waals surface area contributed by atoms with Crippen molar-refractivity contribution < 1.29 is 28.5 Å². The van der Waals surface area contributed by atoms with E-state index in [0.29, 0.717) is 30.0 Å². The van der Waals surface area contributed by atoms with Gasteiger partial charge in [-0.05, 0) is 81.3 Å². The van der Waals surface area contributed by atoms with E-state index in [1.807, 2.05) is 52.0 Å². The summed E-state index contributed by atoms with van der Waals surface area (Å²) in [6.07, 6.45) is 1.42. The maximum atomic E-state index is 13.2. The first-order valence-electron chi connectivity index (χ1n) is 14.9. The van der Waals surface area contributed by atoms with Crippen LogP contribution in [0, 0.1) is 18.2 Å². The van der Waals surface area contributed by atoms with E-state index in [2.05, 4.69) is 18.7 Å². The third kappa shape index (κ3) is 8.33. The van der Waals surface area contributed by atoms with Crippen molar-refractivity contribution in [3.63, 3.8) is 0 Å². The fourth-order valence-corrected chi connectivity index (χ4v) is 5.53. The Morgan fingerprint density at radius 3 is 2.26 bits per heavy atom. The first kappa shape index (κ1) is 32.4. The van der Waals surface area contributed by atoms with Gasteiger partial charge in [0.2, 0.25) is 0 Å². The Balaban J connectivity index is 1.77. The molecule has 7 nitrogen and oxygen atoms in total. The maximum Gasteiger partial charge on any atom is 0.337 e. The Morgan fingerprint density at radius 1 is 1.07 bits per heavy atom. The molecule has 1 aliphatic heterocycles. The van der Waals surface area contributed by atoms with Crippen molar-refractivity contribution in [2.45, 2.75) is 79.1 Å². The molecule has 1 atom stereocenters. The molecule has 1 aromatic heterocycles. The smallest absolute Gasteiger partial charge is 0.337 e. The van der Waals surface area contributed by atoms with E-state index in [0.717, 1.165) is 54.0 Å². The first-order chi connectivity index (χ1) is 20.3. The Labute approximate surface area is 255 Å². The summed E-state index contributed by atoms with van der Waals surface area (Å²) in [6, 6.07) is 14.2. The zero-order chi connectivity index (χ0) is 31.4. The van der Waals surface area contributed by atoms with Crippen LogP contribution in [0.15, 0.2) is 48.5 Å². The number of hydrogen-bond donors (Lipinski definition) is 1. The molecule has 1 N–H and O–H groups in total. The van der Waals surface area contributed by atoms with Crippen LogP contribution in [0.5, 0.6) is 5.75 Å². The number of nitrogens with zero attached hydrogens (tertiary/aromatic N) is 2. The molecule has 4 rings (SSSR count). The topological polar surface area (TPSA) is 81.1 Å². The molecule has 8 heteroatoms. The van der Waals surface area contributed by atoms with Gasteiger partial charge in [0.15, 0.2) is 6.10 Å². The molecule has 0 bridgehead atoms. The van der Waals surface area contributed by atoms with Gasteiger partial charge < -0.3 is 24.2 Å². The second-order valence-corrected chi connectivity index (χ2v) is 13.1. The number of carboxylic acid groups (broad SMARTS) is 1. The Bertz CT molecular complexity index is 1390. The number of methoxy groups -OCH3 is 1. The van der Waals surface area contributed by atoms with E-state index in [1.165, 1.54) is 12.1 Å². The molecule has 0 aliphatic carbocycles. The van der Waals surface area contributed by atoms with Crippen molar-refractivity contribution in [2.24, 2.45) is 5.41 Å². The maximum absolute atomic E-state index is 13.2. The van der Waals surface area contributed by atoms with Crippen molar-refractivity contribution in [1.29, 1.82) is 0 Å². The highest BCUT2D eigenvalue weighted by Gasteiger charge is 2.37. The second-order valence-electron chi connectivity index (χ2n) is 13.1. The van der Waals surface area contributed by atoms with Gasteiger partial charge in [0.05, 0.1) is 30.2 Å². The van der Waals surface area contributed by atoms with Crippen LogP contribution in [0.1, 0.15) is 76.1 Å². The SMILES string of the molecule is COCc1nc(C)c([C@H](OC(C)(C)C)C(=O)O)c(N2CCC(C)(C)CC2)c1-c1ccc(OCCc2ccc(F)cc2)cc1. The van der Waals surface area contributed by atoms with Crippen LogP contribution in [0.25, 0.3) is 11.1 Å². The summed E-state index contributed by atoms with van der Waals surface area (Å²) < 4.78 is 31.0. The Morgan fingerprint density at radius 2 is 1.70 bits per heavy atom. The molecule has 0 spiro atoms. The van der Waals surface area contributed by atoms with Gasteiger partial charge in [0, 0.05) is 43.4 Å². The van der Waals surface area contributed by atoms with E-state index in [1.54, 1.807) is 19.2 Å². The van der Waals surface area contributed by atoms with E-state index < -0.39 is 17.7 Å². The molecule has 3 aromatic rings. The van der Waals surface area contributed by atoms with Gasteiger partial charge in [-0.2, -0.15) is 0 Å². The van der Waals surface area contributed by atoms with Crippen LogP contribution in [0.2, 0.25) is 0 Å². The Kier molecular flexibility index (Phi) is 10.1. The van der Waals surface area contributed by atoms with E-state index >= 15 is 0 Å². The average Bonchev–Trinajstić information content (AvgIpc) is 2.93. The number of aryl methyl sites for hydroxylation is 1. The lowest BCUT2D eigenvalue weighted by Gasteiger charge is -2.41. The zero-order valence-electron chi connectivity index (χ0n) is 26.5. The lowest BCUT2D eigenvalue weighted by Crippen LogP contribution is -2.39. The fourth-order valence-electron chi connectivity index (χ4n) is 5.53. The van der Waals surface area contributed by atoms with E-state index in [9.17, 15) is 14.3 Å². The normalized spacial score (nSPS) is 15.8. The molecule has 232 valence electrons. The lowest BCUT2D eigenvalue weighted by molar-refractivity contribution is -0.160. The van der Waals surface area contributed by atoms with Crippen LogP contribution >= 0.6 is 0 Å². The molecule has 0 saturated carbocycles. The van der Waals surface area contributed by atoms with Crippen LogP contribution < -0.4 is 9.64 Å². The number of piperidine rings is 1.